The first-order valence-electron chi connectivity index (χ1n) is 10.8. The van der Waals surface area contributed by atoms with E-state index >= 15 is 0 Å². The number of carbonyl (C=O) groups excluding carboxylic acids is 2. The van der Waals surface area contributed by atoms with Crippen LogP contribution in [0.3, 0.4) is 0 Å². The molecule has 1 aliphatic rings. The van der Waals surface area contributed by atoms with Crippen LogP contribution in [0.2, 0.25) is 0 Å². The summed E-state index contributed by atoms with van der Waals surface area (Å²) >= 11 is 0. The predicted octanol–water partition coefficient (Wildman–Crippen LogP) is 6.25. The Bertz CT molecular complexity index is 1320. The normalized spacial score (nSPS) is 13.2. The van der Waals surface area contributed by atoms with Gasteiger partial charge in [0.1, 0.15) is 23.0 Å². The highest BCUT2D eigenvalue weighted by atomic mass is 19.4. The second kappa shape index (κ2) is 9.84. The lowest BCUT2D eigenvalue weighted by Gasteiger charge is -2.17. The fourth-order valence-electron chi connectivity index (χ4n) is 3.49. The highest BCUT2D eigenvalue weighted by Gasteiger charge is 2.32. The molecule has 1 aliphatic carbocycles. The molecule has 3 aromatic rings. The van der Waals surface area contributed by atoms with Gasteiger partial charge in [0.05, 0.1) is 12.7 Å². The molecule has 2 aromatic carbocycles. The summed E-state index contributed by atoms with van der Waals surface area (Å²) in [7, 11) is 1.23. The number of halogens is 4. The van der Waals surface area contributed by atoms with E-state index in [0.29, 0.717) is 5.56 Å². The van der Waals surface area contributed by atoms with Crippen molar-refractivity contribution in [1.29, 1.82) is 0 Å². The number of ketones is 1. The van der Waals surface area contributed by atoms with Crippen LogP contribution in [0.15, 0.2) is 48.7 Å². The van der Waals surface area contributed by atoms with E-state index in [4.69, 9.17) is 9.47 Å². The summed E-state index contributed by atoms with van der Waals surface area (Å²) in [6, 6.07) is 8.46. The monoisotopic (exact) mass is 504 g/mol. The molecule has 1 heterocycles. The lowest BCUT2D eigenvalue weighted by atomic mass is 10.0. The van der Waals surface area contributed by atoms with Crippen molar-refractivity contribution >= 4 is 17.4 Å². The highest BCUT2D eigenvalue weighted by molar-refractivity contribution is 6.07. The second-order valence-electron chi connectivity index (χ2n) is 8.05. The Morgan fingerprint density at radius 2 is 1.78 bits per heavy atom. The number of benzene rings is 2. The lowest BCUT2D eigenvalue weighted by molar-refractivity contribution is -0.274. The van der Waals surface area contributed by atoms with Crippen molar-refractivity contribution in [2.75, 3.05) is 12.4 Å². The van der Waals surface area contributed by atoms with E-state index in [1.54, 1.807) is 0 Å². The molecule has 188 valence electrons. The molecule has 0 aliphatic heterocycles. The van der Waals surface area contributed by atoms with Gasteiger partial charge in [0.25, 0.3) is 5.91 Å². The maximum Gasteiger partial charge on any atom is 0.573 e. The third-order valence-electron chi connectivity index (χ3n) is 5.33. The first-order valence-corrected chi connectivity index (χ1v) is 10.8. The number of aromatic nitrogens is 1. The van der Waals surface area contributed by atoms with Gasteiger partial charge >= 0.3 is 6.36 Å². The van der Waals surface area contributed by atoms with E-state index < -0.39 is 23.8 Å². The van der Waals surface area contributed by atoms with Gasteiger partial charge < -0.3 is 19.5 Å². The Labute approximate surface area is 203 Å². The standard InChI is InChI=1S/C25H20F4N2O5/c1-13(32)20-9-15(7-8-30-20)31-24(33)18-11-19(26)17(14-3-4-14)12-22(18)35-21-6-5-16(10-23(21)34-2)36-25(27,28)29/h5-12,14H,3-4H2,1-2H3,(H,30,31,33). The summed E-state index contributed by atoms with van der Waals surface area (Å²) in [4.78, 5) is 28.6. The van der Waals surface area contributed by atoms with Crippen LogP contribution in [0, 0.1) is 5.82 Å². The summed E-state index contributed by atoms with van der Waals surface area (Å²) in [6.07, 6.45) is -2.00. The number of Topliss-reactive ketones (excluding diaryl/α,β-unsaturated/α-hetero) is 1. The molecule has 1 saturated carbocycles. The number of amides is 1. The van der Waals surface area contributed by atoms with Gasteiger partial charge in [0.15, 0.2) is 17.3 Å². The van der Waals surface area contributed by atoms with Crippen molar-refractivity contribution in [2.24, 2.45) is 0 Å². The van der Waals surface area contributed by atoms with Crippen molar-refractivity contribution in [2.45, 2.75) is 32.0 Å². The molecule has 0 atom stereocenters. The summed E-state index contributed by atoms with van der Waals surface area (Å²) in [5, 5.41) is 2.58. The average molecular weight is 504 g/mol. The predicted molar refractivity (Wildman–Crippen MR) is 120 cm³/mol. The molecule has 0 unspecified atom stereocenters. The van der Waals surface area contributed by atoms with Gasteiger partial charge in [-0.15, -0.1) is 13.2 Å². The van der Waals surface area contributed by atoms with E-state index in [1.165, 1.54) is 44.5 Å². The summed E-state index contributed by atoms with van der Waals surface area (Å²) in [6.45, 7) is 1.32. The highest BCUT2D eigenvalue weighted by Crippen LogP contribution is 2.45. The molecule has 1 fully saturated rings. The Hall–Kier alpha value is -4.15. The molecule has 36 heavy (non-hydrogen) atoms. The van der Waals surface area contributed by atoms with Crippen LogP contribution in [0.1, 0.15) is 52.1 Å². The number of rotatable bonds is 8. The zero-order valence-electron chi connectivity index (χ0n) is 19.1. The van der Waals surface area contributed by atoms with E-state index in [9.17, 15) is 27.2 Å². The van der Waals surface area contributed by atoms with Gasteiger partial charge in [-0.05, 0) is 60.7 Å². The molecular weight excluding hydrogens is 484 g/mol. The summed E-state index contributed by atoms with van der Waals surface area (Å²) < 4.78 is 67.5. The van der Waals surface area contributed by atoms with Crippen molar-refractivity contribution < 1.29 is 41.4 Å². The molecule has 11 heteroatoms. The Morgan fingerprint density at radius 3 is 2.42 bits per heavy atom. The van der Waals surface area contributed by atoms with Crippen LogP contribution in [0.25, 0.3) is 0 Å². The van der Waals surface area contributed by atoms with Crippen molar-refractivity contribution in [1.82, 2.24) is 4.98 Å². The Balaban J connectivity index is 1.68. The van der Waals surface area contributed by atoms with E-state index in [0.717, 1.165) is 31.0 Å². The fourth-order valence-corrected chi connectivity index (χ4v) is 3.49. The third kappa shape index (κ3) is 5.91. The second-order valence-corrected chi connectivity index (χ2v) is 8.05. The number of hydrogen-bond donors (Lipinski definition) is 1. The molecule has 0 saturated heterocycles. The van der Waals surface area contributed by atoms with Crippen molar-refractivity contribution in [3.8, 4) is 23.0 Å². The van der Waals surface area contributed by atoms with Gasteiger partial charge in [0.2, 0.25) is 0 Å². The Morgan fingerprint density at radius 1 is 1.03 bits per heavy atom. The fraction of sp³-hybridized carbons (Fsp3) is 0.240. The van der Waals surface area contributed by atoms with E-state index in [1.807, 2.05) is 0 Å². The van der Waals surface area contributed by atoms with E-state index in [2.05, 4.69) is 15.0 Å². The smallest absolute Gasteiger partial charge is 0.493 e. The summed E-state index contributed by atoms with van der Waals surface area (Å²) in [5.41, 5.74) is 0.575. The van der Waals surface area contributed by atoms with Gasteiger partial charge in [-0.3, -0.25) is 14.6 Å². The lowest BCUT2D eigenvalue weighted by Crippen LogP contribution is -2.17. The number of nitrogens with one attached hydrogen (secondary N) is 1. The number of anilines is 1. The van der Waals surface area contributed by atoms with E-state index in [-0.39, 0.29) is 45.9 Å². The van der Waals surface area contributed by atoms with Gasteiger partial charge in [0, 0.05) is 24.9 Å². The summed E-state index contributed by atoms with van der Waals surface area (Å²) in [5.74, 6) is -2.32. The zero-order chi connectivity index (χ0) is 26.0. The molecule has 0 radical (unpaired) electrons. The number of hydrogen-bond acceptors (Lipinski definition) is 6. The molecule has 1 aromatic heterocycles. The first-order chi connectivity index (χ1) is 17.0. The number of pyridine rings is 1. The molecular formula is C25H20F4N2O5. The maximum absolute atomic E-state index is 14.8. The van der Waals surface area contributed by atoms with Crippen LogP contribution >= 0.6 is 0 Å². The van der Waals surface area contributed by atoms with Crippen LogP contribution in [0.4, 0.5) is 23.2 Å². The first kappa shape index (κ1) is 25.0. The molecule has 1 amide bonds. The van der Waals surface area contributed by atoms with Crippen molar-refractivity contribution in [3.63, 3.8) is 0 Å². The largest absolute Gasteiger partial charge is 0.573 e. The molecule has 7 nitrogen and oxygen atoms in total. The quantitative estimate of drug-likeness (QED) is 0.288. The number of alkyl halides is 3. The van der Waals surface area contributed by atoms with Crippen LogP contribution in [-0.4, -0.2) is 30.1 Å². The van der Waals surface area contributed by atoms with Gasteiger partial charge in [-0.1, -0.05) is 0 Å². The minimum atomic E-state index is -4.90. The maximum atomic E-state index is 14.8. The topological polar surface area (TPSA) is 86.8 Å². The van der Waals surface area contributed by atoms with Gasteiger partial charge in [-0.25, -0.2) is 4.39 Å². The average Bonchev–Trinajstić information content (AvgIpc) is 3.65. The molecule has 4 rings (SSSR count). The number of nitrogens with zero attached hydrogens (tertiary/aromatic N) is 1. The van der Waals surface area contributed by atoms with Crippen LogP contribution in [0.5, 0.6) is 23.0 Å². The molecule has 0 bridgehead atoms. The third-order valence-corrected chi connectivity index (χ3v) is 5.33. The Kier molecular flexibility index (Phi) is 6.82. The number of ether oxygens (including phenoxy) is 3. The zero-order valence-corrected chi connectivity index (χ0v) is 19.1. The van der Waals surface area contributed by atoms with Crippen LogP contribution < -0.4 is 19.5 Å². The minimum Gasteiger partial charge on any atom is -0.493 e. The van der Waals surface area contributed by atoms with Crippen molar-refractivity contribution in [3.05, 3.63) is 71.3 Å². The molecule has 0 spiro atoms. The molecule has 1 N–H and O–H groups in total. The van der Waals surface area contributed by atoms with Crippen LogP contribution in [-0.2, 0) is 0 Å². The number of carbonyl (C=O) groups is 2. The van der Waals surface area contributed by atoms with Gasteiger partial charge in [-0.2, -0.15) is 0 Å². The SMILES string of the molecule is COc1cc(OC(F)(F)F)ccc1Oc1cc(C2CC2)c(F)cc1C(=O)Nc1ccnc(C(C)=O)c1. The minimum absolute atomic E-state index is 0.0165. The number of methoxy groups -OCH3 is 1.